The van der Waals surface area contributed by atoms with Gasteiger partial charge in [-0.05, 0) is 89.6 Å². The number of carbonyl (C=O) groups is 4. The van der Waals surface area contributed by atoms with Gasteiger partial charge in [0.05, 0.1) is 96.3 Å². The Balaban J connectivity index is 1.52. The standard InChI is InChI=1S/C52H36N4O8/c1-61-49(57)38-17-9-5-13-34(38)42-27-33-26-31-22-21-29(53-31)25-30-23-24-32(54-30)28-43-44(35-14-6-10-18-39(35)50(58)62-2)45(36-15-7-11-19-40(36)51(59)63-3)48(56-43)46(47(42)55-33)37-16-8-12-20-41(37)52(60)64-4/h5-28H,1-4H3. The fraction of sp³-hybridized carbons (Fsp3) is 0.0769. The topological polar surface area (TPSA) is 155 Å². The first-order valence-corrected chi connectivity index (χ1v) is 20.0. The summed E-state index contributed by atoms with van der Waals surface area (Å²) in [5, 5.41) is 0. The van der Waals surface area contributed by atoms with Crippen molar-refractivity contribution < 1.29 is 38.1 Å². The lowest BCUT2D eigenvalue weighted by atomic mass is 9.82. The SMILES string of the molecule is COC(=O)c1ccccc1C1=CC2=CC3=NC(=CC4=NC(=CC5=NC(=C(c6ccccc6C(=O)OC)C1=N2)C(c1ccccc1C(=O)OC)=C5c1ccccc1C(=O)OC)C=C4)C=C3. The van der Waals surface area contributed by atoms with E-state index < -0.39 is 23.9 Å². The van der Waals surface area contributed by atoms with E-state index in [9.17, 15) is 19.2 Å². The van der Waals surface area contributed by atoms with Crippen LogP contribution >= 0.6 is 0 Å². The van der Waals surface area contributed by atoms with Gasteiger partial charge in [0.15, 0.2) is 0 Å². The molecule has 0 unspecified atom stereocenters. The fourth-order valence-electron chi connectivity index (χ4n) is 8.10. The van der Waals surface area contributed by atoms with Gasteiger partial charge in [-0.3, -0.25) is 0 Å². The number of allylic oxidation sites excluding steroid dienone is 12. The van der Waals surface area contributed by atoms with Crippen LogP contribution < -0.4 is 0 Å². The highest BCUT2D eigenvalue weighted by atomic mass is 16.5. The summed E-state index contributed by atoms with van der Waals surface area (Å²) in [5.41, 5.74) is 7.98. The van der Waals surface area contributed by atoms with Crippen LogP contribution in [0.1, 0.15) is 63.7 Å². The molecule has 0 spiro atoms. The van der Waals surface area contributed by atoms with E-state index in [1.54, 1.807) is 103 Å². The zero-order chi connectivity index (χ0) is 44.5. The van der Waals surface area contributed by atoms with Crippen molar-refractivity contribution >= 4 is 69.0 Å². The number of hydrogen-bond acceptors (Lipinski definition) is 12. The van der Waals surface area contributed by atoms with Crippen LogP contribution in [0.3, 0.4) is 0 Å². The molecule has 12 nitrogen and oxygen atoms in total. The van der Waals surface area contributed by atoms with Crippen molar-refractivity contribution in [3.05, 3.63) is 213 Å². The molecule has 0 fully saturated rings. The minimum Gasteiger partial charge on any atom is -0.465 e. The molecule has 64 heavy (non-hydrogen) atoms. The van der Waals surface area contributed by atoms with E-state index in [0.29, 0.717) is 84.5 Å². The summed E-state index contributed by atoms with van der Waals surface area (Å²) >= 11 is 0. The van der Waals surface area contributed by atoms with Crippen LogP contribution in [0.25, 0.3) is 22.3 Å². The van der Waals surface area contributed by atoms with Gasteiger partial charge in [-0.1, -0.05) is 72.8 Å². The Kier molecular flexibility index (Phi) is 10.8. The number of methoxy groups -OCH3 is 4. The highest BCUT2D eigenvalue weighted by Crippen LogP contribution is 2.48. The van der Waals surface area contributed by atoms with Crippen molar-refractivity contribution in [1.82, 2.24) is 0 Å². The molecule has 0 radical (unpaired) electrons. The molecule has 0 aromatic heterocycles. The molecule has 5 aliphatic rings. The molecule has 0 atom stereocenters. The molecule has 0 N–H and O–H groups in total. The number of ether oxygens (including phenoxy) is 4. The summed E-state index contributed by atoms with van der Waals surface area (Å²) in [6, 6.07) is 27.7. The highest BCUT2D eigenvalue weighted by Gasteiger charge is 2.37. The molecule has 0 amide bonds. The Morgan fingerprint density at radius 1 is 0.391 bits per heavy atom. The van der Waals surface area contributed by atoms with Gasteiger partial charge in [0, 0.05) is 27.9 Å². The monoisotopic (exact) mass is 844 g/mol. The predicted molar refractivity (Wildman–Crippen MR) is 245 cm³/mol. The van der Waals surface area contributed by atoms with E-state index in [-0.39, 0.29) is 28.0 Å². The average molecular weight is 845 g/mol. The second-order valence-corrected chi connectivity index (χ2v) is 14.6. The van der Waals surface area contributed by atoms with Crippen molar-refractivity contribution in [2.75, 3.05) is 28.4 Å². The molecular formula is C52H36N4O8. The largest absolute Gasteiger partial charge is 0.465 e. The van der Waals surface area contributed by atoms with Crippen molar-refractivity contribution in [2.45, 2.75) is 0 Å². The van der Waals surface area contributed by atoms with Gasteiger partial charge in [0.25, 0.3) is 0 Å². The number of benzene rings is 4. The third-order valence-electron chi connectivity index (χ3n) is 10.9. The molecule has 312 valence electrons. The number of hydrogen-bond donors (Lipinski definition) is 0. The van der Waals surface area contributed by atoms with E-state index in [2.05, 4.69) is 0 Å². The minimum absolute atomic E-state index is 0.174. The Morgan fingerprint density at radius 3 is 1.30 bits per heavy atom. The average Bonchev–Trinajstić information content (AvgIpc) is 4.15. The molecule has 0 saturated heterocycles. The zero-order valence-electron chi connectivity index (χ0n) is 34.9. The van der Waals surface area contributed by atoms with Gasteiger partial charge in [-0.2, -0.15) is 0 Å². The van der Waals surface area contributed by atoms with Crippen molar-refractivity contribution in [2.24, 2.45) is 20.0 Å². The normalized spacial score (nSPS) is 15.9. The maximum atomic E-state index is 13.9. The van der Waals surface area contributed by atoms with E-state index >= 15 is 0 Å². The Labute approximate surface area is 367 Å². The third-order valence-corrected chi connectivity index (χ3v) is 10.9. The van der Waals surface area contributed by atoms with Crippen LogP contribution in [0.4, 0.5) is 0 Å². The van der Waals surface area contributed by atoms with E-state index in [0.717, 1.165) is 0 Å². The quantitative estimate of drug-likeness (QED) is 0.126. The minimum atomic E-state index is -0.644. The second kappa shape index (κ2) is 17.0. The van der Waals surface area contributed by atoms with Gasteiger partial charge in [0.1, 0.15) is 0 Å². The smallest absolute Gasteiger partial charge is 0.338 e. The first-order chi connectivity index (χ1) is 31.2. The number of carbonyl (C=O) groups excluding carboxylic acids is 4. The summed E-state index contributed by atoms with van der Waals surface area (Å²) in [7, 11) is 5.20. The molecule has 4 aromatic carbocycles. The Bertz CT molecular complexity index is 3160. The second-order valence-electron chi connectivity index (χ2n) is 14.6. The fourth-order valence-corrected chi connectivity index (χ4v) is 8.10. The summed E-state index contributed by atoms with van der Waals surface area (Å²) in [4.78, 5) is 75.5. The zero-order valence-corrected chi connectivity index (χ0v) is 34.9. The molecule has 9 rings (SSSR count). The summed E-state index contributed by atoms with van der Waals surface area (Å²) in [5.74, 6) is -2.47. The number of aliphatic imine (C=N–C) groups is 4. The van der Waals surface area contributed by atoms with E-state index in [4.69, 9.17) is 38.9 Å². The van der Waals surface area contributed by atoms with Crippen LogP contribution in [-0.2, 0) is 18.9 Å². The van der Waals surface area contributed by atoms with Gasteiger partial charge in [-0.15, -0.1) is 0 Å². The van der Waals surface area contributed by atoms with Gasteiger partial charge in [-0.25, -0.2) is 39.1 Å². The van der Waals surface area contributed by atoms with Crippen LogP contribution in [-0.4, -0.2) is 75.2 Å². The van der Waals surface area contributed by atoms with Crippen molar-refractivity contribution in [3.8, 4) is 0 Å². The number of rotatable bonds is 8. The van der Waals surface area contributed by atoms with Gasteiger partial charge >= 0.3 is 23.9 Å². The Hall–Kier alpha value is -8.64. The van der Waals surface area contributed by atoms with Crippen LogP contribution in [0.5, 0.6) is 0 Å². The van der Waals surface area contributed by atoms with Gasteiger partial charge < -0.3 is 18.9 Å². The predicted octanol–water partition coefficient (Wildman–Crippen LogP) is 8.83. The number of esters is 4. The molecule has 0 aliphatic carbocycles. The first-order valence-electron chi connectivity index (χ1n) is 20.0. The number of nitrogens with zero attached hydrogens (tertiary/aromatic N) is 4. The summed E-state index contributed by atoms with van der Waals surface area (Å²) in [6.07, 6.45) is 14.7. The van der Waals surface area contributed by atoms with E-state index in [1.807, 2.05) is 42.5 Å². The molecular weight excluding hydrogens is 809 g/mol. The molecule has 12 heteroatoms. The van der Waals surface area contributed by atoms with Crippen LogP contribution in [0.15, 0.2) is 188 Å². The lowest BCUT2D eigenvalue weighted by Crippen LogP contribution is -2.14. The van der Waals surface area contributed by atoms with Crippen molar-refractivity contribution in [1.29, 1.82) is 0 Å². The lowest BCUT2D eigenvalue weighted by molar-refractivity contribution is 0.0591. The van der Waals surface area contributed by atoms with Crippen LogP contribution in [0, 0.1) is 0 Å². The Morgan fingerprint density at radius 2 is 0.797 bits per heavy atom. The van der Waals surface area contributed by atoms with Crippen molar-refractivity contribution in [3.63, 3.8) is 0 Å². The van der Waals surface area contributed by atoms with Crippen LogP contribution in [0.2, 0.25) is 0 Å². The van der Waals surface area contributed by atoms with Gasteiger partial charge in [0.2, 0.25) is 0 Å². The molecule has 0 saturated carbocycles. The third kappa shape index (κ3) is 7.32. The molecule has 4 aromatic rings. The highest BCUT2D eigenvalue weighted by molar-refractivity contribution is 6.51. The lowest BCUT2D eigenvalue weighted by Gasteiger charge is -2.20. The maximum absolute atomic E-state index is 13.9. The number of fused-ring (bicyclic) bond motifs is 4. The molecule has 5 aliphatic heterocycles. The summed E-state index contributed by atoms with van der Waals surface area (Å²) < 4.78 is 21.3. The first kappa shape index (κ1) is 40.7. The maximum Gasteiger partial charge on any atom is 0.338 e. The van der Waals surface area contributed by atoms with E-state index in [1.165, 1.54) is 28.4 Å². The molecule has 8 bridgehead atoms. The summed E-state index contributed by atoms with van der Waals surface area (Å²) in [6.45, 7) is 0. The molecule has 5 heterocycles.